The standard InChI is InChI=1S/C14H19FN2O.ClH/c1-10-13(3-2-8-16-10)17-14(18)9-11-4-6-12(15)7-5-11;/h4-7,10,13,16H,2-3,8-9H2,1H3,(H,17,18);1H. The molecule has 0 saturated carbocycles. The number of nitrogens with one attached hydrogen (secondary N) is 2. The van der Waals surface area contributed by atoms with Crippen LogP contribution in [0.1, 0.15) is 25.3 Å². The van der Waals surface area contributed by atoms with Crippen molar-refractivity contribution in [1.29, 1.82) is 0 Å². The molecule has 2 atom stereocenters. The Hall–Kier alpha value is -1.13. The normalized spacial score (nSPS) is 22.4. The average molecular weight is 287 g/mol. The first kappa shape index (κ1) is 15.9. The Kier molecular flexibility index (Phi) is 6.25. The van der Waals surface area contributed by atoms with Crippen molar-refractivity contribution in [2.75, 3.05) is 6.54 Å². The minimum absolute atomic E-state index is 0. The van der Waals surface area contributed by atoms with E-state index in [0.29, 0.717) is 12.5 Å². The van der Waals surface area contributed by atoms with Gasteiger partial charge in [0.2, 0.25) is 5.91 Å². The molecule has 1 amide bonds. The van der Waals surface area contributed by atoms with E-state index in [1.165, 1.54) is 12.1 Å². The second-order valence-electron chi connectivity index (χ2n) is 4.86. The molecule has 0 aromatic heterocycles. The first-order valence-corrected chi connectivity index (χ1v) is 6.42. The number of carbonyl (C=O) groups excluding carboxylic acids is 1. The summed E-state index contributed by atoms with van der Waals surface area (Å²) in [6, 6.07) is 6.58. The fourth-order valence-corrected chi connectivity index (χ4v) is 2.29. The Morgan fingerprint density at radius 3 is 2.74 bits per heavy atom. The highest BCUT2D eigenvalue weighted by Gasteiger charge is 2.22. The fourth-order valence-electron chi connectivity index (χ4n) is 2.29. The van der Waals surface area contributed by atoms with Crippen molar-refractivity contribution in [1.82, 2.24) is 10.6 Å². The van der Waals surface area contributed by atoms with Crippen LogP contribution < -0.4 is 10.6 Å². The Labute approximate surface area is 119 Å². The maximum atomic E-state index is 12.7. The van der Waals surface area contributed by atoms with Gasteiger partial charge in [0.25, 0.3) is 0 Å². The van der Waals surface area contributed by atoms with Gasteiger partial charge in [-0.2, -0.15) is 0 Å². The van der Waals surface area contributed by atoms with Gasteiger partial charge in [-0.1, -0.05) is 12.1 Å². The van der Waals surface area contributed by atoms with Gasteiger partial charge >= 0.3 is 0 Å². The summed E-state index contributed by atoms with van der Waals surface area (Å²) in [5.74, 6) is -0.272. The molecule has 0 spiro atoms. The van der Waals surface area contributed by atoms with E-state index in [1.807, 2.05) is 0 Å². The smallest absolute Gasteiger partial charge is 0.224 e. The molecule has 1 aliphatic rings. The van der Waals surface area contributed by atoms with Gasteiger partial charge in [0.1, 0.15) is 5.82 Å². The van der Waals surface area contributed by atoms with E-state index in [9.17, 15) is 9.18 Å². The lowest BCUT2D eigenvalue weighted by Crippen LogP contribution is -2.52. The van der Waals surface area contributed by atoms with Crippen LogP contribution in [0.25, 0.3) is 0 Å². The fraction of sp³-hybridized carbons (Fsp3) is 0.500. The molecule has 0 aliphatic carbocycles. The van der Waals surface area contributed by atoms with Crippen LogP contribution >= 0.6 is 12.4 Å². The summed E-state index contributed by atoms with van der Waals surface area (Å²) in [4.78, 5) is 11.9. The number of halogens is 2. The number of carbonyl (C=O) groups is 1. The van der Waals surface area contributed by atoms with E-state index in [4.69, 9.17) is 0 Å². The maximum Gasteiger partial charge on any atom is 0.224 e. The Morgan fingerprint density at radius 2 is 2.11 bits per heavy atom. The van der Waals surface area contributed by atoms with Crippen LogP contribution in [0.15, 0.2) is 24.3 Å². The highest BCUT2D eigenvalue weighted by atomic mass is 35.5. The SMILES string of the molecule is CC1NCCCC1NC(=O)Cc1ccc(F)cc1.Cl. The molecule has 1 aromatic carbocycles. The summed E-state index contributed by atoms with van der Waals surface area (Å²) in [5, 5.41) is 6.38. The molecule has 0 bridgehead atoms. The van der Waals surface area contributed by atoms with Crippen LogP contribution in [-0.2, 0) is 11.2 Å². The number of hydrogen-bond acceptors (Lipinski definition) is 2. The van der Waals surface area contributed by atoms with Crippen molar-refractivity contribution in [2.24, 2.45) is 0 Å². The topological polar surface area (TPSA) is 41.1 Å². The predicted molar refractivity (Wildman–Crippen MR) is 76.0 cm³/mol. The van der Waals surface area contributed by atoms with E-state index in [1.54, 1.807) is 12.1 Å². The van der Waals surface area contributed by atoms with Crippen molar-refractivity contribution in [3.05, 3.63) is 35.6 Å². The van der Waals surface area contributed by atoms with Gasteiger partial charge in [-0.05, 0) is 44.0 Å². The number of amides is 1. The van der Waals surface area contributed by atoms with Crippen molar-refractivity contribution in [3.8, 4) is 0 Å². The second-order valence-corrected chi connectivity index (χ2v) is 4.86. The number of rotatable bonds is 3. The Morgan fingerprint density at radius 1 is 1.42 bits per heavy atom. The highest BCUT2D eigenvalue weighted by Crippen LogP contribution is 2.09. The third kappa shape index (κ3) is 4.80. The van der Waals surface area contributed by atoms with E-state index >= 15 is 0 Å². The minimum Gasteiger partial charge on any atom is -0.352 e. The lowest BCUT2D eigenvalue weighted by atomic mass is 9.99. The molecule has 5 heteroatoms. The molecule has 1 aliphatic heterocycles. The zero-order valence-electron chi connectivity index (χ0n) is 11.0. The molecule has 2 unspecified atom stereocenters. The first-order valence-electron chi connectivity index (χ1n) is 6.42. The largest absolute Gasteiger partial charge is 0.352 e. The summed E-state index contributed by atoms with van der Waals surface area (Å²) in [7, 11) is 0. The summed E-state index contributed by atoms with van der Waals surface area (Å²) >= 11 is 0. The third-order valence-corrected chi connectivity index (χ3v) is 3.39. The maximum absolute atomic E-state index is 12.7. The van der Waals surface area contributed by atoms with Crippen LogP contribution in [0, 0.1) is 5.82 Å². The molecule has 1 fully saturated rings. The summed E-state index contributed by atoms with van der Waals surface area (Å²) in [6.07, 6.45) is 2.42. The van der Waals surface area contributed by atoms with Gasteiger partial charge in [-0.25, -0.2) is 4.39 Å². The van der Waals surface area contributed by atoms with Gasteiger partial charge in [0, 0.05) is 12.1 Å². The van der Waals surface area contributed by atoms with E-state index < -0.39 is 0 Å². The van der Waals surface area contributed by atoms with E-state index in [-0.39, 0.29) is 30.2 Å². The monoisotopic (exact) mass is 286 g/mol. The van der Waals surface area contributed by atoms with E-state index in [2.05, 4.69) is 17.6 Å². The predicted octanol–water partition coefficient (Wildman–Crippen LogP) is 2.05. The molecule has 19 heavy (non-hydrogen) atoms. The number of piperidine rings is 1. The first-order chi connectivity index (χ1) is 8.65. The van der Waals surface area contributed by atoms with Gasteiger partial charge < -0.3 is 10.6 Å². The van der Waals surface area contributed by atoms with E-state index in [0.717, 1.165) is 24.9 Å². The molecule has 1 aromatic rings. The van der Waals surface area contributed by atoms with Crippen LogP contribution in [0.5, 0.6) is 0 Å². The molecule has 1 saturated heterocycles. The van der Waals surface area contributed by atoms with Crippen LogP contribution in [0.2, 0.25) is 0 Å². The average Bonchev–Trinajstić information content (AvgIpc) is 2.35. The summed E-state index contributed by atoms with van der Waals surface area (Å²) in [6.45, 7) is 3.10. The van der Waals surface area contributed by atoms with Crippen LogP contribution in [0.3, 0.4) is 0 Å². The van der Waals surface area contributed by atoms with Crippen LogP contribution in [-0.4, -0.2) is 24.5 Å². The third-order valence-electron chi connectivity index (χ3n) is 3.39. The molecule has 3 nitrogen and oxygen atoms in total. The van der Waals surface area contributed by atoms with Crippen molar-refractivity contribution < 1.29 is 9.18 Å². The van der Waals surface area contributed by atoms with Gasteiger partial charge in [-0.3, -0.25) is 4.79 Å². The minimum atomic E-state index is -0.274. The summed E-state index contributed by atoms with van der Waals surface area (Å²) < 4.78 is 12.7. The molecule has 106 valence electrons. The zero-order valence-corrected chi connectivity index (χ0v) is 11.8. The molecule has 1 heterocycles. The van der Waals surface area contributed by atoms with Gasteiger partial charge in [-0.15, -0.1) is 12.4 Å². The number of benzene rings is 1. The molecular formula is C14H20ClFN2O. The second kappa shape index (κ2) is 7.46. The molecule has 2 rings (SSSR count). The Balaban J connectivity index is 0.00000180. The lowest BCUT2D eigenvalue weighted by molar-refractivity contribution is -0.121. The van der Waals surface area contributed by atoms with Crippen LogP contribution in [0.4, 0.5) is 4.39 Å². The summed E-state index contributed by atoms with van der Waals surface area (Å²) in [5.41, 5.74) is 0.838. The molecule has 2 N–H and O–H groups in total. The zero-order chi connectivity index (χ0) is 13.0. The lowest BCUT2D eigenvalue weighted by Gasteiger charge is -2.30. The number of hydrogen-bond donors (Lipinski definition) is 2. The Bertz CT molecular complexity index is 410. The van der Waals surface area contributed by atoms with Gasteiger partial charge in [0.05, 0.1) is 6.42 Å². The van der Waals surface area contributed by atoms with Crippen molar-refractivity contribution in [2.45, 2.75) is 38.3 Å². The van der Waals surface area contributed by atoms with Crippen molar-refractivity contribution >= 4 is 18.3 Å². The van der Waals surface area contributed by atoms with Crippen molar-refractivity contribution in [3.63, 3.8) is 0 Å². The highest BCUT2D eigenvalue weighted by molar-refractivity contribution is 5.85. The molecule has 0 radical (unpaired) electrons. The quantitative estimate of drug-likeness (QED) is 0.893. The molecular weight excluding hydrogens is 267 g/mol. The van der Waals surface area contributed by atoms with Gasteiger partial charge in [0.15, 0.2) is 0 Å².